The van der Waals surface area contributed by atoms with Crippen LogP contribution in [0.1, 0.15) is 35.1 Å². The summed E-state index contributed by atoms with van der Waals surface area (Å²) in [6.07, 6.45) is 5.62. The number of allylic oxidation sites excluding steroid dienone is 2. The highest BCUT2D eigenvalue weighted by atomic mass is 32.2. The fourth-order valence-corrected chi connectivity index (χ4v) is 5.41. The number of non-ortho nitro benzene ring substituents is 1. The van der Waals surface area contributed by atoms with Gasteiger partial charge in [-0.3, -0.25) is 10.1 Å². The third-order valence-electron chi connectivity index (χ3n) is 6.04. The molecular formula is C25H22N2O2S. The van der Waals surface area contributed by atoms with Crippen molar-refractivity contribution in [2.45, 2.75) is 29.0 Å². The van der Waals surface area contributed by atoms with Crippen molar-refractivity contribution in [3.05, 3.63) is 112 Å². The maximum Gasteiger partial charge on any atom is 0.269 e. The first-order valence-corrected chi connectivity index (χ1v) is 11.2. The van der Waals surface area contributed by atoms with E-state index in [1.54, 1.807) is 12.1 Å². The molecule has 0 unspecified atom stereocenters. The first-order chi connectivity index (χ1) is 14.7. The minimum Gasteiger partial charge on any atom is -0.378 e. The van der Waals surface area contributed by atoms with Gasteiger partial charge in [-0.1, -0.05) is 54.6 Å². The molecule has 0 amide bonds. The van der Waals surface area contributed by atoms with Gasteiger partial charge in [-0.15, -0.1) is 11.8 Å². The fourth-order valence-electron chi connectivity index (χ4n) is 4.55. The van der Waals surface area contributed by atoms with Gasteiger partial charge in [0.2, 0.25) is 0 Å². The Balaban J connectivity index is 1.40. The van der Waals surface area contributed by atoms with Crippen LogP contribution < -0.4 is 5.32 Å². The Bertz CT molecular complexity index is 1100. The van der Waals surface area contributed by atoms with Crippen LogP contribution in [-0.4, -0.2) is 4.92 Å². The molecule has 0 saturated heterocycles. The summed E-state index contributed by atoms with van der Waals surface area (Å²) in [6, 6.07) is 24.4. The van der Waals surface area contributed by atoms with Crippen LogP contribution in [0.25, 0.3) is 0 Å². The number of thioether (sulfide) groups is 1. The maximum atomic E-state index is 11.0. The number of rotatable bonds is 5. The number of nitrogens with one attached hydrogen (secondary N) is 1. The zero-order chi connectivity index (χ0) is 20.5. The first-order valence-electron chi connectivity index (χ1n) is 10.2. The lowest BCUT2D eigenvalue weighted by Gasteiger charge is -2.37. The second-order valence-electron chi connectivity index (χ2n) is 7.85. The molecule has 0 saturated carbocycles. The molecule has 5 heteroatoms. The van der Waals surface area contributed by atoms with E-state index < -0.39 is 0 Å². The van der Waals surface area contributed by atoms with Crippen LogP contribution in [0.3, 0.4) is 0 Å². The van der Waals surface area contributed by atoms with Gasteiger partial charge in [-0.25, -0.2) is 0 Å². The highest BCUT2D eigenvalue weighted by Gasteiger charge is 2.38. The number of nitro groups is 1. The normalized spacial score (nSPS) is 21.5. The summed E-state index contributed by atoms with van der Waals surface area (Å²) in [4.78, 5) is 11.9. The molecule has 5 rings (SSSR count). The molecule has 0 aromatic heterocycles. The van der Waals surface area contributed by atoms with Crippen LogP contribution in [0.4, 0.5) is 11.4 Å². The fraction of sp³-hybridized carbons (Fsp3) is 0.200. The summed E-state index contributed by atoms with van der Waals surface area (Å²) in [5, 5.41) is 14.7. The van der Waals surface area contributed by atoms with Crippen LogP contribution in [0, 0.1) is 16.0 Å². The van der Waals surface area contributed by atoms with Crippen LogP contribution >= 0.6 is 11.8 Å². The molecular weight excluding hydrogens is 392 g/mol. The zero-order valence-electron chi connectivity index (χ0n) is 16.4. The summed E-state index contributed by atoms with van der Waals surface area (Å²) >= 11 is 1.86. The number of hydrogen-bond acceptors (Lipinski definition) is 4. The van der Waals surface area contributed by atoms with E-state index in [9.17, 15) is 10.1 Å². The van der Waals surface area contributed by atoms with Gasteiger partial charge >= 0.3 is 0 Å². The number of benzene rings is 3. The van der Waals surface area contributed by atoms with Crippen LogP contribution in [0.15, 0.2) is 89.8 Å². The monoisotopic (exact) mass is 414 g/mol. The van der Waals surface area contributed by atoms with Crippen LogP contribution in [0.2, 0.25) is 0 Å². The summed E-state index contributed by atoms with van der Waals surface area (Å²) in [7, 11) is 0. The Hall–Kier alpha value is -3.05. The van der Waals surface area contributed by atoms with E-state index in [0.717, 1.165) is 17.7 Å². The van der Waals surface area contributed by atoms with E-state index >= 15 is 0 Å². The van der Waals surface area contributed by atoms with Crippen molar-refractivity contribution in [3.63, 3.8) is 0 Å². The van der Waals surface area contributed by atoms with Gasteiger partial charge in [0, 0.05) is 34.4 Å². The molecule has 3 aromatic carbocycles. The standard InChI is InChI=1S/C25H22N2O2S/c28-27(29)19-12-10-18(11-13-19)25-22-8-4-7-21(22)23-15-17(9-14-24(23)26-25)16-30-20-5-2-1-3-6-20/h1-7,9-15,21-22,25-26H,8,16H2/t21-,22+,25+/m1/s1. The molecule has 2 aliphatic rings. The second kappa shape index (κ2) is 8.00. The molecule has 4 nitrogen and oxygen atoms in total. The van der Waals surface area contributed by atoms with Gasteiger partial charge in [0.1, 0.15) is 0 Å². The Morgan fingerprint density at radius 3 is 2.60 bits per heavy atom. The van der Waals surface area contributed by atoms with Gasteiger partial charge in [-0.2, -0.15) is 0 Å². The Morgan fingerprint density at radius 2 is 1.83 bits per heavy atom. The van der Waals surface area contributed by atoms with Gasteiger partial charge in [0.15, 0.2) is 0 Å². The molecule has 1 heterocycles. The maximum absolute atomic E-state index is 11.0. The quantitative estimate of drug-likeness (QED) is 0.218. The van der Waals surface area contributed by atoms with Crippen LogP contribution in [0.5, 0.6) is 0 Å². The summed E-state index contributed by atoms with van der Waals surface area (Å²) < 4.78 is 0. The van der Waals surface area contributed by atoms with Crippen molar-refractivity contribution in [3.8, 4) is 0 Å². The molecule has 0 radical (unpaired) electrons. The van der Waals surface area contributed by atoms with Crippen LogP contribution in [-0.2, 0) is 5.75 Å². The molecule has 1 N–H and O–H groups in total. The van der Waals surface area contributed by atoms with E-state index in [0.29, 0.717) is 11.8 Å². The minimum atomic E-state index is -0.345. The highest BCUT2D eigenvalue weighted by molar-refractivity contribution is 7.98. The highest BCUT2D eigenvalue weighted by Crippen LogP contribution is 2.50. The minimum absolute atomic E-state index is 0.136. The lowest BCUT2D eigenvalue weighted by atomic mass is 9.76. The average molecular weight is 415 g/mol. The predicted molar refractivity (Wildman–Crippen MR) is 122 cm³/mol. The van der Waals surface area contributed by atoms with Crippen molar-refractivity contribution in [1.82, 2.24) is 0 Å². The van der Waals surface area contributed by atoms with Gasteiger partial charge in [-0.05, 0) is 47.2 Å². The van der Waals surface area contributed by atoms with E-state index in [1.165, 1.54) is 21.7 Å². The van der Waals surface area contributed by atoms with Crippen molar-refractivity contribution in [2.75, 3.05) is 5.32 Å². The lowest BCUT2D eigenvalue weighted by molar-refractivity contribution is -0.384. The Kier molecular flexibility index (Phi) is 5.05. The average Bonchev–Trinajstić information content (AvgIpc) is 3.28. The molecule has 3 aromatic rings. The van der Waals surface area contributed by atoms with Gasteiger partial charge in [0.05, 0.1) is 11.0 Å². The molecule has 1 aliphatic carbocycles. The smallest absolute Gasteiger partial charge is 0.269 e. The topological polar surface area (TPSA) is 55.2 Å². The molecule has 0 fully saturated rings. The molecule has 0 bridgehead atoms. The van der Waals surface area contributed by atoms with E-state index in [2.05, 4.69) is 59.9 Å². The third-order valence-corrected chi connectivity index (χ3v) is 7.12. The number of hydrogen-bond donors (Lipinski definition) is 1. The number of nitro benzene ring substituents is 1. The second-order valence-corrected chi connectivity index (χ2v) is 8.90. The molecule has 30 heavy (non-hydrogen) atoms. The molecule has 0 spiro atoms. The third kappa shape index (κ3) is 3.61. The van der Waals surface area contributed by atoms with E-state index in [4.69, 9.17) is 0 Å². The number of nitrogens with zero attached hydrogens (tertiary/aromatic N) is 1. The Labute approximate surface area is 180 Å². The van der Waals surface area contributed by atoms with E-state index in [-0.39, 0.29) is 16.7 Å². The van der Waals surface area contributed by atoms with Crippen molar-refractivity contribution < 1.29 is 4.92 Å². The van der Waals surface area contributed by atoms with Gasteiger partial charge in [0.25, 0.3) is 5.69 Å². The summed E-state index contributed by atoms with van der Waals surface area (Å²) in [5.41, 5.74) is 5.10. The Morgan fingerprint density at radius 1 is 1.03 bits per heavy atom. The molecule has 150 valence electrons. The lowest BCUT2D eigenvalue weighted by Crippen LogP contribution is -2.29. The molecule has 3 atom stereocenters. The first kappa shape index (κ1) is 18.9. The van der Waals surface area contributed by atoms with Crippen molar-refractivity contribution >= 4 is 23.1 Å². The number of anilines is 1. The molecule has 1 aliphatic heterocycles. The predicted octanol–water partition coefficient (Wildman–Crippen LogP) is 6.71. The summed E-state index contributed by atoms with van der Waals surface area (Å²) in [5.74, 6) is 1.75. The number of fused-ring (bicyclic) bond motifs is 3. The SMILES string of the molecule is O=[N+]([O-])c1ccc([C@@H]2Nc3ccc(CSc4ccccc4)cc3[C@@H]3C=CC[C@@H]32)cc1. The van der Waals surface area contributed by atoms with Crippen molar-refractivity contribution in [2.24, 2.45) is 5.92 Å². The van der Waals surface area contributed by atoms with Crippen molar-refractivity contribution in [1.29, 1.82) is 0 Å². The summed E-state index contributed by atoms with van der Waals surface area (Å²) in [6.45, 7) is 0. The van der Waals surface area contributed by atoms with Gasteiger partial charge < -0.3 is 5.32 Å². The zero-order valence-corrected chi connectivity index (χ0v) is 17.2. The van der Waals surface area contributed by atoms with E-state index in [1.807, 2.05) is 30.0 Å². The largest absolute Gasteiger partial charge is 0.378 e.